The first-order chi connectivity index (χ1) is 11.0. The van der Waals surface area contributed by atoms with Crippen LogP contribution in [-0.2, 0) is 13.1 Å². The third kappa shape index (κ3) is 4.48. The van der Waals surface area contributed by atoms with Gasteiger partial charge in [0, 0.05) is 30.6 Å². The molecule has 23 heavy (non-hydrogen) atoms. The molecule has 7 heteroatoms. The summed E-state index contributed by atoms with van der Waals surface area (Å²) in [5.74, 6) is 1.19. The number of hydrogen-bond donors (Lipinski definition) is 2. The highest BCUT2D eigenvalue weighted by atomic mass is 32.2. The van der Waals surface area contributed by atoms with E-state index in [2.05, 4.69) is 20.8 Å². The molecular weight excluding hydrogens is 315 g/mol. The average Bonchev–Trinajstić information content (AvgIpc) is 2.86. The molecule has 0 saturated heterocycles. The molecule has 0 saturated carbocycles. The van der Waals surface area contributed by atoms with Gasteiger partial charge in [-0.15, -0.1) is 11.8 Å². The van der Waals surface area contributed by atoms with Gasteiger partial charge in [-0.2, -0.15) is 0 Å². The smallest absolute Gasteiger partial charge is 0.191 e. The summed E-state index contributed by atoms with van der Waals surface area (Å²) in [6.45, 7) is 4.85. The maximum atomic E-state index is 13.4. The van der Waals surface area contributed by atoms with Crippen molar-refractivity contribution in [3.8, 4) is 0 Å². The summed E-state index contributed by atoms with van der Waals surface area (Å²) in [6.07, 6.45) is 1.97. The first-order valence-corrected chi connectivity index (χ1v) is 8.46. The van der Waals surface area contributed by atoms with Gasteiger partial charge >= 0.3 is 0 Å². The number of guanidine groups is 1. The van der Waals surface area contributed by atoms with Crippen LogP contribution in [0, 0.1) is 19.7 Å². The molecule has 0 bridgehead atoms. The van der Waals surface area contributed by atoms with Gasteiger partial charge in [0.1, 0.15) is 11.6 Å². The molecule has 2 rings (SSSR count). The lowest BCUT2D eigenvalue weighted by molar-refractivity contribution is 0.392. The summed E-state index contributed by atoms with van der Waals surface area (Å²) in [7, 11) is 1.70. The Kier molecular flexibility index (Phi) is 6.04. The van der Waals surface area contributed by atoms with Crippen LogP contribution in [0.1, 0.15) is 22.6 Å². The molecule has 5 nitrogen and oxygen atoms in total. The minimum Gasteiger partial charge on any atom is -0.361 e. The standard InChI is InChI=1S/C16H21FN4OS/c1-10-14(11(2)22-21-10)9-20-16(18-3)19-8-12-7-13(17)5-6-15(12)23-4/h5-7H,8-9H2,1-4H3,(H2,18,19,20). The molecule has 0 fully saturated rings. The van der Waals surface area contributed by atoms with E-state index in [0.29, 0.717) is 19.0 Å². The van der Waals surface area contributed by atoms with Crippen LogP contribution in [0.25, 0.3) is 0 Å². The molecule has 2 aromatic rings. The quantitative estimate of drug-likeness (QED) is 0.499. The van der Waals surface area contributed by atoms with Crippen molar-refractivity contribution < 1.29 is 8.91 Å². The van der Waals surface area contributed by atoms with E-state index in [1.165, 1.54) is 6.07 Å². The first kappa shape index (κ1) is 17.3. The van der Waals surface area contributed by atoms with Crippen molar-refractivity contribution in [1.82, 2.24) is 15.8 Å². The van der Waals surface area contributed by atoms with E-state index in [0.717, 1.165) is 27.5 Å². The van der Waals surface area contributed by atoms with Gasteiger partial charge in [0.25, 0.3) is 0 Å². The number of nitrogens with one attached hydrogen (secondary N) is 2. The summed E-state index contributed by atoms with van der Waals surface area (Å²) < 4.78 is 18.6. The number of hydrogen-bond acceptors (Lipinski definition) is 4. The Labute approximate surface area is 139 Å². The van der Waals surface area contributed by atoms with E-state index in [4.69, 9.17) is 4.52 Å². The van der Waals surface area contributed by atoms with Gasteiger partial charge in [0.05, 0.1) is 5.69 Å². The minimum absolute atomic E-state index is 0.238. The lowest BCUT2D eigenvalue weighted by Gasteiger charge is -2.13. The molecule has 0 aliphatic heterocycles. The highest BCUT2D eigenvalue weighted by Crippen LogP contribution is 2.21. The third-order valence-corrected chi connectivity index (χ3v) is 4.36. The Hall–Kier alpha value is -2.02. The molecule has 0 radical (unpaired) electrons. The molecule has 0 unspecified atom stereocenters. The van der Waals surface area contributed by atoms with Crippen molar-refractivity contribution in [2.75, 3.05) is 13.3 Å². The van der Waals surface area contributed by atoms with Crippen molar-refractivity contribution in [2.45, 2.75) is 31.8 Å². The van der Waals surface area contributed by atoms with Crippen LogP contribution in [0.5, 0.6) is 0 Å². The highest BCUT2D eigenvalue weighted by Gasteiger charge is 2.10. The summed E-state index contributed by atoms with van der Waals surface area (Å²) in [4.78, 5) is 5.22. The van der Waals surface area contributed by atoms with Crippen LogP contribution in [0.2, 0.25) is 0 Å². The van der Waals surface area contributed by atoms with E-state index < -0.39 is 0 Å². The molecule has 1 aromatic carbocycles. The molecule has 0 aliphatic carbocycles. The predicted molar refractivity (Wildman–Crippen MR) is 91.2 cm³/mol. The maximum absolute atomic E-state index is 13.4. The van der Waals surface area contributed by atoms with Crippen LogP contribution >= 0.6 is 11.8 Å². The molecule has 0 atom stereocenters. The number of halogens is 1. The molecule has 1 aromatic heterocycles. The summed E-state index contributed by atoms with van der Waals surface area (Å²) in [5.41, 5.74) is 2.78. The number of aliphatic imine (C=N–C) groups is 1. The van der Waals surface area contributed by atoms with Crippen LogP contribution in [-0.4, -0.2) is 24.4 Å². The Balaban J connectivity index is 1.97. The fourth-order valence-electron chi connectivity index (χ4n) is 2.21. The van der Waals surface area contributed by atoms with Crippen molar-refractivity contribution in [3.63, 3.8) is 0 Å². The van der Waals surface area contributed by atoms with Crippen molar-refractivity contribution in [2.24, 2.45) is 4.99 Å². The highest BCUT2D eigenvalue weighted by molar-refractivity contribution is 7.98. The number of rotatable bonds is 5. The minimum atomic E-state index is -0.238. The molecular formula is C16H21FN4OS. The zero-order chi connectivity index (χ0) is 16.8. The number of thioether (sulfide) groups is 1. The van der Waals surface area contributed by atoms with Gasteiger partial charge in [0.2, 0.25) is 0 Å². The van der Waals surface area contributed by atoms with Gasteiger partial charge < -0.3 is 15.2 Å². The van der Waals surface area contributed by atoms with Crippen LogP contribution < -0.4 is 10.6 Å². The Morgan fingerprint density at radius 3 is 2.65 bits per heavy atom. The second-order valence-electron chi connectivity index (χ2n) is 5.04. The van der Waals surface area contributed by atoms with Gasteiger partial charge in [0.15, 0.2) is 5.96 Å². The average molecular weight is 336 g/mol. The number of aromatic nitrogens is 1. The lowest BCUT2D eigenvalue weighted by atomic mass is 10.2. The first-order valence-electron chi connectivity index (χ1n) is 7.23. The topological polar surface area (TPSA) is 62.5 Å². The van der Waals surface area contributed by atoms with Crippen molar-refractivity contribution >= 4 is 17.7 Å². The molecule has 0 aliphatic rings. The second-order valence-corrected chi connectivity index (χ2v) is 5.89. The third-order valence-electron chi connectivity index (χ3n) is 3.53. The van der Waals surface area contributed by atoms with Gasteiger partial charge in [-0.25, -0.2) is 4.39 Å². The van der Waals surface area contributed by atoms with Crippen molar-refractivity contribution in [1.29, 1.82) is 0 Å². The van der Waals surface area contributed by atoms with Gasteiger partial charge in [-0.3, -0.25) is 4.99 Å². The summed E-state index contributed by atoms with van der Waals surface area (Å²) in [5, 5.41) is 10.3. The SMILES string of the molecule is CN=C(NCc1cc(F)ccc1SC)NCc1c(C)noc1C. The van der Waals surface area contributed by atoms with Crippen molar-refractivity contribution in [3.05, 3.63) is 46.6 Å². The second kappa shape index (κ2) is 8.01. The van der Waals surface area contributed by atoms with Crippen LogP contribution in [0.4, 0.5) is 4.39 Å². The fraction of sp³-hybridized carbons (Fsp3) is 0.375. The maximum Gasteiger partial charge on any atom is 0.191 e. The summed E-state index contributed by atoms with van der Waals surface area (Å²) in [6, 6.07) is 4.80. The monoisotopic (exact) mass is 336 g/mol. The van der Waals surface area contributed by atoms with E-state index in [-0.39, 0.29) is 5.82 Å². The molecule has 0 amide bonds. The Morgan fingerprint density at radius 1 is 1.30 bits per heavy atom. The van der Waals surface area contributed by atoms with Gasteiger partial charge in [-0.1, -0.05) is 5.16 Å². The largest absolute Gasteiger partial charge is 0.361 e. The van der Waals surface area contributed by atoms with Crippen LogP contribution in [0.3, 0.4) is 0 Å². The number of nitrogens with zero attached hydrogens (tertiary/aromatic N) is 2. The lowest BCUT2D eigenvalue weighted by Crippen LogP contribution is -2.36. The van der Waals surface area contributed by atoms with E-state index in [9.17, 15) is 4.39 Å². The Morgan fingerprint density at radius 2 is 2.04 bits per heavy atom. The zero-order valence-corrected chi connectivity index (χ0v) is 14.6. The predicted octanol–water partition coefficient (Wildman–Crippen LogP) is 3.02. The molecule has 1 heterocycles. The molecule has 0 spiro atoms. The number of aryl methyl sites for hydroxylation is 2. The van der Waals surface area contributed by atoms with Crippen LogP contribution in [0.15, 0.2) is 32.6 Å². The zero-order valence-electron chi connectivity index (χ0n) is 13.7. The van der Waals surface area contributed by atoms with E-state index in [1.807, 2.05) is 20.1 Å². The number of benzene rings is 1. The summed E-state index contributed by atoms with van der Waals surface area (Å²) >= 11 is 1.59. The fourth-order valence-corrected chi connectivity index (χ4v) is 2.81. The van der Waals surface area contributed by atoms with E-state index >= 15 is 0 Å². The Bertz CT molecular complexity index is 680. The van der Waals surface area contributed by atoms with Gasteiger partial charge in [-0.05, 0) is 43.9 Å². The van der Waals surface area contributed by atoms with E-state index in [1.54, 1.807) is 30.9 Å². The molecule has 124 valence electrons. The molecule has 2 N–H and O–H groups in total. The normalized spacial score (nSPS) is 11.6.